The second kappa shape index (κ2) is 9.36. The molecule has 1 atom stereocenters. The number of carbonyl (C=O) groups excluding carboxylic acids is 2. The third-order valence-electron chi connectivity index (χ3n) is 5.28. The predicted octanol–water partition coefficient (Wildman–Crippen LogP) is 5.03. The van der Waals surface area contributed by atoms with Crippen LogP contribution in [0.3, 0.4) is 0 Å². The first-order valence-electron chi connectivity index (χ1n) is 10.6. The molecule has 0 aliphatic carbocycles. The third kappa shape index (κ3) is 4.43. The highest BCUT2D eigenvalue weighted by atomic mass is 32.1. The number of thiophene rings is 1. The first-order valence-corrected chi connectivity index (χ1v) is 11.5. The van der Waals surface area contributed by atoms with Crippen LogP contribution in [0.1, 0.15) is 42.3 Å². The number of rotatable bonds is 7. The molecule has 0 aliphatic heterocycles. The standard InChI is InChI=1S/C25H26N4O2S/c1-17(2)29(19-10-5-4-6-11-19)23(30)16-28-21-13-8-7-12-20(21)27-24(28)18(3)26-25(31)22-14-9-15-32-22/h4-15,17-18H,16H2,1-3H3,(H,26,31). The number of carbonyl (C=O) groups is 2. The summed E-state index contributed by atoms with van der Waals surface area (Å²) < 4.78 is 1.91. The maximum Gasteiger partial charge on any atom is 0.261 e. The Kier molecular flexibility index (Phi) is 6.37. The summed E-state index contributed by atoms with van der Waals surface area (Å²) >= 11 is 1.39. The van der Waals surface area contributed by atoms with E-state index in [1.807, 2.05) is 91.4 Å². The van der Waals surface area contributed by atoms with E-state index in [1.54, 1.807) is 11.0 Å². The molecule has 0 saturated heterocycles. The average Bonchev–Trinajstić information content (AvgIpc) is 3.43. The van der Waals surface area contributed by atoms with Crippen molar-refractivity contribution in [2.24, 2.45) is 0 Å². The molecule has 2 aromatic heterocycles. The molecule has 2 amide bonds. The molecule has 4 aromatic rings. The SMILES string of the molecule is CC(NC(=O)c1cccs1)c1nc2ccccc2n1CC(=O)N(c1ccccc1)C(C)C. The van der Waals surface area contributed by atoms with Crippen molar-refractivity contribution in [3.63, 3.8) is 0 Å². The van der Waals surface area contributed by atoms with Crippen LogP contribution in [0.2, 0.25) is 0 Å². The Hall–Kier alpha value is -3.45. The van der Waals surface area contributed by atoms with Crippen molar-refractivity contribution in [2.75, 3.05) is 4.90 Å². The Bertz CT molecular complexity index is 1220. The molecule has 4 rings (SSSR count). The van der Waals surface area contributed by atoms with Gasteiger partial charge in [0.1, 0.15) is 12.4 Å². The number of fused-ring (bicyclic) bond motifs is 1. The summed E-state index contributed by atoms with van der Waals surface area (Å²) in [6, 6.07) is 20.7. The highest BCUT2D eigenvalue weighted by Gasteiger charge is 2.24. The van der Waals surface area contributed by atoms with E-state index in [1.165, 1.54) is 11.3 Å². The number of para-hydroxylation sites is 3. The highest BCUT2D eigenvalue weighted by Crippen LogP contribution is 2.24. The summed E-state index contributed by atoms with van der Waals surface area (Å²) in [5.41, 5.74) is 2.52. The molecule has 0 aliphatic rings. The molecule has 0 fully saturated rings. The molecule has 1 unspecified atom stereocenters. The van der Waals surface area contributed by atoms with Crippen LogP contribution in [-0.2, 0) is 11.3 Å². The summed E-state index contributed by atoms with van der Waals surface area (Å²) in [5, 5.41) is 4.89. The van der Waals surface area contributed by atoms with Gasteiger partial charge in [-0.15, -0.1) is 11.3 Å². The zero-order chi connectivity index (χ0) is 22.7. The summed E-state index contributed by atoms with van der Waals surface area (Å²) in [5.74, 6) is 0.471. The van der Waals surface area contributed by atoms with Crippen molar-refractivity contribution in [3.8, 4) is 0 Å². The van der Waals surface area contributed by atoms with Gasteiger partial charge >= 0.3 is 0 Å². The van der Waals surface area contributed by atoms with Gasteiger partial charge in [0, 0.05) is 11.7 Å². The van der Waals surface area contributed by atoms with Gasteiger partial charge in [0.05, 0.1) is 22.0 Å². The second-order valence-corrected chi connectivity index (χ2v) is 8.86. The maximum atomic E-state index is 13.5. The van der Waals surface area contributed by atoms with Crippen LogP contribution in [0.15, 0.2) is 72.1 Å². The molecule has 0 spiro atoms. The average molecular weight is 447 g/mol. The van der Waals surface area contributed by atoms with E-state index in [2.05, 4.69) is 5.32 Å². The van der Waals surface area contributed by atoms with E-state index in [0.29, 0.717) is 10.7 Å². The van der Waals surface area contributed by atoms with Gasteiger partial charge in [-0.2, -0.15) is 0 Å². The lowest BCUT2D eigenvalue weighted by Gasteiger charge is -2.28. The zero-order valence-electron chi connectivity index (χ0n) is 18.4. The lowest BCUT2D eigenvalue weighted by molar-refractivity contribution is -0.119. The van der Waals surface area contributed by atoms with Crippen LogP contribution < -0.4 is 10.2 Å². The Balaban J connectivity index is 1.67. The number of nitrogens with one attached hydrogen (secondary N) is 1. The molecule has 2 heterocycles. The van der Waals surface area contributed by atoms with E-state index in [-0.39, 0.29) is 30.4 Å². The van der Waals surface area contributed by atoms with Gasteiger partial charge in [-0.05, 0) is 56.5 Å². The molecule has 32 heavy (non-hydrogen) atoms. The van der Waals surface area contributed by atoms with E-state index in [4.69, 9.17) is 4.98 Å². The summed E-state index contributed by atoms with van der Waals surface area (Å²) in [6.07, 6.45) is 0. The largest absolute Gasteiger partial charge is 0.342 e. The Labute approximate surface area is 191 Å². The lowest BCUT2D eigenvalue weighted by atomic mass is 10.2. The molecule has 7 heteroatoms. The minimum absolute atomic E-state index is 0.000842. The van der Waals surface area contributed by atoms with Gasteiger partial charge in [-0.25, -0.2) is 4.98 Å². The van der Waals surface area contributed by atoms with Crippen molar-refractivity contribution in [3.05, 3.63) is 82.8 Å². The first kappa shape index (κ1) is 21.8. The van der Waals surface area contributed by atoms with Crippen LogP contribution in [0.5, 0.6) is 0 Å². The number of imidazole rings is 1. The van der Waals surface area contributed by atoms with Crippen LogP contribution in [-0.4, -0.2) is 27.4 Å². The third-order valence-corrected chi connectivity index (χ3v) is 6.15. The minimum atomic E-state index is -0.367. The number of anilines is 1. The quantitative estimate of drug-likeness (QED) is 0.433. The smallest absolute Gasteiger partial charge is 0.261 e. The zero-order valence-corrected chi connectivity index (χ0v) is 19.2. The van der Waals surface area contributed by atoms with Gasteiger partial charge in [0.2, 0.25) is 5.91 Å². The molecular weight excluding hydrogens is 420 g/mol. The monoisotopic (exact) mass is 446 g/mol. The normalized spacial score (nSPS) is 12.1. The predicted molar refractivity (Wildman–Crippen MR) is 129 cm³/mol. The lowest BCUT2D eigenvalue weighted by Crippen LogP contribution is -2.40. The molecule has 0 saturated carbocycles. The Morgan fingerprint density at radius 3 is 2.41 bits per heavy atom. The number of hydrogen-bond donors (Lipinski definition) is 1. The van der Waals surface area contributed by atoms with Crippen molar-refractivity contribution in [1.29, 1.82) is 0 Å². The van der Waals surface area contributed by atoms with Crippen molar-refractivity contribution in [1.82, 2.24) is 14.9 Å². The topological polar surface area (TPSA) is 67.2 Å². The summed E-state index contributed by atoms with van der Waals surface area (Å²) in [4.78, 5) is 33.3. The molecular formula is C25H26N4O2S. The van der Waals surface area contributed by atoms with Crippen LogP contribution in [0.4, 0.5) is 5.69 Å². The molecule has 1 N–H and O–H groups in total. The maximum absolute atomic E-state index is 13.5. The number of aromatic nitrogens is 2. The van der Waals surface area contributed by atoms with E-state index >= 15 is 0 Å². The fourth-order valence-electron chi connectivity index (χ4n) is 3.86. The van der Waals surface area contributed by atoms with Gasteiger partial charge in [-0.3, -0.25) is 9.59 Å². The number of amides is 2. The van der Waals surface area contributed by atoms with Crippen LogP contribution in [0.25, 0.3) is 11.0 Å². The Morgan fingerprint density at radius 1 is 1.00 bits per heavy atom. The van der Waals surface area contributed by atoms with Crippen LogP contribution >= 0.6 is 11.3 Å². The fraction of sp³-hybridized carbons (Fsp3) is 0.240. The van der Waals surface area contributed by atoms with Crippen molar-refractivity contribution >= 4 is 39.9 Å². The van der Waals surface area contributed by atoms with Gasteiger partial charge in [0.15, 0.2) is 0 Å². The molecule has 2 aromatic carbocycles. The Morgan fingerprint density at radius 2 is 1.72 bits per heavy atom. The fourth-order valence-corrected chi connectivity index (χ4v) is 4.49. The number of hydrogen-bond acceptors (Lipinski definition) is 4. The van der Waals surface area contributed by atoms with E-state index in [0.717, 1.165) is 16.7 Å². The molecule has 6 nitrogen and oxygen atoms in total. The van der Waals surface area contributed by atoms with Gasteiger partial charge in [0.25, 0.3) is 5.91 Å². The molecule has 164 valence electrons. The van der Waals surface area contributed by atoms with Crippen molar-refractivity contribution < 1.29 is 9.59 Å². The molecule has 0 radical (unpaired) electrons. The minimum Gasteiger partial charge on any atom is -0.342 e. The van der Waals surface area contributed by atoms with Crippen molar-refractivity contribution in [2.45, 2.75) is 39.4 Å². The first-order chi connectivity index (χ1) is 15.5. The molecule has 0 bridgehead atoms. The number of benzene rings is 2. The van der Waals surface area contributed by atoms with E-state index < -0.39 is 0 Å². The van der Waals surface area contributed by atoms with Gasteiger partial charge < -0.3 is 14.8 Å². The number of nitrogens with zero attached hydrogens (tertiary/aromatic N) is 3. The van der Waals surface area contributed by atoms with Crippen LogP contribution in [0, 0.1) is 0 Å². The van der Waals surface area contributed by atoms with Gasteiger partial charge in [-0.1, -0.05) is 36.4 Å². The highest BCUT2D eigenvalue weighted by molar-refractivity contribution is 7.12. The van der Waals surface area contributed by atoms with E-state index in [9.17, 15) is 9.59 Å². The summed E-state index contributed by atoms with van der Waals surface area (Å²) in [6.45, 7) is 6.02. The summed E-state index contributed by atoms with van der Waals surface area (Å²) in [7, 11) is 0. The second-order valence-electron chi connectivity index (χ2n) is 7.91.